The maximum atomic E-state index is 9.18. The van der Waals surface area contributed by atoms with E-state index in [4.69, 9.17) is 5.26 Å². The molecule has 2 rings (SSSR count). The number of nitriles is 2. The second kappa shape index (κ2) is 7.97. The van der Waals surface area contributed by atoms with Crippen molar-refractivity contribution in [1.29, 1.82) is 10.5 Å². The Labute approximate surface area is 130 Å². The molecule has 5 nitrogen and oxygen atoms in total. The van der Waals surface area contributed by atoms with E-state index in [1.165, 1.54) is 0 Å². The van der Waals surface area contributed by atoms with Crippen molar-refractivity contribution in [2.75, 3.05) is 37.6 Å². The molecule has 1 aromatic rings. The lowest BCUT2D eigenvalue weighted by atomic mass is 10.0. The number of hydrogen-bond donors (Lipinski definition) is 0. The molecule has 2 heterocycles. The molecule has 112 valence electrons. The maximum Gasteiger partial charge on any atom is 0.185 e. The molecule has 0 spiro atoms. The van der Waals surface area contributed by atoms with Gasteiger partial charge in [0, 0.05) is 38.0 Å². The number of thiazole rings is 1. The molecular weight excluding hydrogens is 282 g/mol. The van der Waals surface area contributed by atoms with Crippen LogP contribution in [0.25, 0.3) is 0 Å². The lowest BCUT2D eigenvalue weighted by Gasteiger charge is -2.23. The zero-order chi connectivity index (χ0) is 15.1. The third-order valence-electron chi connectivity index (χ3n) is 3.73. The zero-order valence-corrected chi connectivity index (χ0v) is 13.3. The van der Waals surface area contributed by atoms with Crippen LogP contribution in [0.5, 0.6) is 0 Å². The first kappa shape index (κ1) is 15.8. The van der Waals surface area contributed by atoms with E-state index in [1.807, 2.05) is 6.92 Å². The summed E-state index contributed by atoms with van der Waals surface area (Å²) in [5, 5.41) is 21.0. The molecule has 0 aliphatic carbocycles. The highest BCUT2D eigenvalue weighted by Crippen LogP contribution is 2.21. The third kappa shape index (κ3) is 4.70. The standard InChI is InChI=1S/C15H21N5S/c1-13-12-21-15(18-13)20-7-3-6-19(8-9-20)11-14(10-17)4-2-5-16/h12,14H,2-4,6-9,11H2,1H3/t14-/m1/s1. The monoisotopic (exact) mass is 303 g/mol. The van der Waals surface area contributed by atoms with Gasteiger partial charge in [-0.2, -0.15) is 10.5 Å². The number of aryl methyl sites for hydroxylation is 1. The Kier molecular flexibility index (Phi) is 5.98. The van der Waals surface area contributed by atoms with Gasteiger partial charge in [0.1, 0.15) is 0 Å². The van der Waals surface area contributed by atoms with Crippen LogP contribution in [0, 0.1) is 35.5 Å². The van der Waals surface area contributed by atoms with Crippen LogP contribution in [0.3, 0.4) is 0 Å². The first-order valence-corrected chi connectivity index (χ1v) is 8.27. The van der Waals surface area contributed by atoms with E-state index >= 15 is 0 Å². The average Bonchev–Trinajstić information content (AvgIpc) is 2.79. The van der Waals surface area contributed by atoms with E-state index in [1.54, 1.807) is 11.3 Å². The van der Waals surface area contributed by atoms with Crippen LogP contribution in [0.4, 0.5) is 5.13 Å². The smallest absolute Gasteiger partial charge is 0.185 e. The lowest BCUT2D eigenvalue weighted by molar-refractivity contribution is 0.262. The van der Waals surface area contributed by atoms with Gasteiger partial charge in [-0.3, -0.25) is 0 Å². The molecule has 0 aromatic carbocycles. The van der Waals surface area contributed by atoms with Crippen LogP contribution in [-0.4, -0.2) is 42.6 Å². The minimum absolute atomic E-state index is 0.0293. The number of hydrogen-bond acceptors (Lipinski definition) is 6. The van der Waals surface area contributed by atoms with Gasteiger partial charge in [0.25, 0.3) is 0 Å². The van der Waals surface area contributed by atoms with Crippen molar-refractivity contribution in [3.8, 4) is 12.1 Å². The van der Waals surface area contributed by atoms with Crippen molar-refractivity contribution in [1.82, 2.24) is 9.88 Å². The molecular formula is C15H21N5S. The maximum absolute atomic E-state index is 9.18. The van der Waals surface area contributed by atoms with Crippen LogP contribution in [0.2, 0.25) is 0 Å². The van der Waals surface area contributed by atoms with Gasteiger partial charge in [-0.15, -0.1) is 11.3 Å². The molecule has 21 heavy (non-hydrogen) atoms. The summed E-state index contributed by atoms with van der Waals surface area (Å²) in [4.78, 5) is 9.25. The van der Waals surface area contributed by atoms with Gasteiger partial charge in [0.15, 0.2) is 5.13 Å². The van der Waals surface area contributed by atoms with E-state index in [0.717, 1.165) is 50.0 Å². The van der Waals surface area contributed by atoms with Gasteiger partial charge >= 0.3 is 0 Å². The molecule has 1 aromatic heterocycles. The minimum Gasteiger partial charge on any atom is -0.347 e. The van der Waals surface area contributed by atoms with Gasteiger partial charge in [0.2, 0.25) is 0 Å². The summed E-state index contributed by atoms with van der Waals surface area (Å²) in [6.07, 6.45) is 2.24. The van der Waals surface area contributed by atoms with Gasteiger partial charge in [0.05, 0.1) is 23.8 Å². The topological polar surface area (TPSA) is 67.0 Å². The van der Waals surface area contributed by atoms with Crippen molar-refractivity contribution in [2.45, 2.75) is 26.2 Å². The summed E-state index contributed by atoms with van der Waals surface area (Å²) in [7, 11) is 0. The predicted octanol–water partition coefficient (Wildman–Crippen LogP) is 2.41. The minimum atomic E-state index is -0.0293. The largest absolute Gasteiger partial charge is 0.347 e. The highest BCUT2D eigenvalue weighted by atomic mass is 32.1. The normalized spacial score (nSPS) is 17.8. The molecule has 1 aliphatic heterocycles. The summed E-state index contributed by atoms with van der Waals surface area (Å²) >= 11 is 1.70. The van der Waals surface area contributed by atoms with Gasteiger partial charge < -0.3 is 9.80 Å². The van der Waals surface area contributed by atoms with Crippen molar-refractivity contribution in [3.63, 3.8) is 0 Å². The van der Waals surface area contributed by atoms with E-state index in [2.05, 4.69) is 32.3 Å². The Hall–Kier alpha value is -1.63. The van der Waals surface area contributed by atoms with Gasteiger partial charge in [-0.05, 0) is 26.3 Å². The molecule has 1 fully saturated rings. The second-order valence-electron chi connectivity index (χ2n) is 5.44. The predicted molar refractivity (Wildman–Crippen MR) is 84.1 cm³/mol. The summed E-state index contributed by atoms with van der Waals surface area (Å²) < 4.78 is 0. The fourth-order valence-corrected chi connectivity index (χ4v) is 3.44. The van der Waals surface area contributed by atoms with Crippen molar-refractivity contribution in [2.24, 2.45) is 5.92 Å². The number of anilines is 1. The highest BCUT2D eigenvalue weighted by molar-refractivity contribution is 7.13. The number of aromatic nitrogens is 1. The van der Waals surface area contributed by atoms with Gasteiger partial charge in [-0.1, -0.05) is 0 Å². The molecule has 0 radical (unpaired) electrons. The Bertz CT molecular complexity index is 527. The quantitative estimate of drug-likeness (QED) is 0.835. The average molecular weight is 303 g/mol. The fraction of sp³-hybridized carbons (Fsp3) is 0.667. The molecule has 0 N–H and O–H groups in total. The highest BCUT2D eigenvalue weighted by Gasteiger charge is 2.19. The van der Waals surface area contributed by atoms with Crippen LogP contribution in [0.15, 0.2) is 5.38 Å². The molecule has 1 saturated heterocycles. The summed E-state index contributed by atoms with van der Waals surface area (Å²) in [5.74, 6) is -0.0293. The molecule has 0 amide bonds. The molecule has 1 atom stereocenters. The third-order valence-corrected chi connectivity index (χ3v) is 4.75. The molecule has 0 saturated carbocycles. The molecule has 1 aliphatic rings. The van der Waals surface area contributed by atoms with E-state index in [-0.39, 0.29) is 5.92 Å². The van der Waals surface area contributed by atoms with Gasteiger partial charge in [-0.25, -0.2) is 4.98 Å². The van der Waals surface area contributed by atoms with E-state index in [9.17, 15) is 5.26 Å². The SMILES string of the molecule is Cc1csc(N2CCCN(C[C@@H](C#N)CCC#N)CC2)n1. The van der Waals surface area contributed by atoms with Crippen LogP contribution in [-0.2, 0) is 0 Å². The molecule has 0 unspecified atom stereocenters. The summed E-state index contributed by atoms with van der Waals surface area (Å²) in [6.45, 7) is 6.77. The Morgan fingerprint density at radius 1 is 1.33 bits per heavy atom. The number of nitrogens with zero attached hydrogens (tertiary/aromatic N) is 5. The fourth-order valence-electron chi connectivity index (χ4n) is 2.58. The van der Waals surface area contributed by atoms with E-state index in [0.29, 0.717) is 12.8 Å². The second-order valence-corrected chi connectivity index (χ2v) is 6.27. The Morgan fingerprint density at radius 3 is 2.86 bits per heavy atom. The first-order chi connectivity index (χ1) is 10.2. The summed E-state index contributed by atoms with van der Waals surface area (Å²) in [5.41, 5.74) is 1.08. The Balaban J connectivity index is 1.86. The zero-order valence-electron chi connectivity index (χ0n) is 12.5. The first-order valence-electron chi connectivity index (χ1n) is 7.39. The van der Waals surface area contributed by atoms with Crippen LogP contribution >= 0.6 is 11.3 Å². The van der Waals surface area contributed by atoms with Crippen molar-refractivity contribution in [3.05, 3.63) is 11.1 Å². The number of rotatable bonds is 5. The summed E-state index contributed by atoms with van der Waals surface area (Å²) in [6, 6.07) is 4.46. The van der Waals surface area contributed by atoms with E-state index < -0.39 is 0 Å². The van der Waals surface area contributed by atoms with Crippen LogP contribution in [0.1, 0.15) is 25.0 Å². The molecule has 0 bridgehead atoms. The van der Waals surface area contributed by atoms with Crippen molar-refractivity contribution < 1.29 is 0 Å². The van der Waals surface area contributed by atoms with Crippen LogP contribution < -0.4 is 4.90 Å². The van der Waals surface area contributed by atoms with Crippen molar-refractivity contribution >= 4 is 16.5 Å². The Morgan fingerprint density at radius 2 is 2.19 bits per heavy atom. The lowest BCUT2D eigenvalue weighted by Crippen LogP contribution is -2.33. The molecule has 6 heteroatoms.